The molecular weight excluding hydrogens is 346 g/mol. The average Bonchev–Trinajstić information content (AvgIpc) is 3.05. The number of aromatic amines is 1. The summed E-state index contributed by atoms with van der Waals surface area (Å²) in [5.74, 6) is 0.365. The number of hydrogen-bond acceptors (Lipinski definition) is 5. The molecule has 0 bridgehead atoms. The Labute approximate surface area is 156 Å². The van der Waals surface area contributed by atoms with Crippen molar-refractivity contribution in [3.05, 3.63) is 52.6 Å². The Hall–Kier alpha value is -3.26. The van der Waals surface area contributed by atoms with Gasteiger partial charge in [-0.2, -0.15) is 0 Å². The minimum Gasteiger partial charge on any atom is -0.338 e. The summed E-state index contributed by atoms with van der Waals surface area (Å²) in [6.45, 7) is 0.790. The number of carbonyl (C=O) groups excluding carboxylic acids is 1. The molecule has 0 saturated carbocycles. The molecule has 0 radical (unpaired) electrons. The van der Waals surface area contributed by atoms with Crippen LogP contribution in [0.25, 0.3) is 22.4 Å². The number of hydrogen-bond donors (Lipinski definition) is 2. The van der Waals surface area contributed by atoms with Crippen LogP contribution in [0.4, 0.5) is 11.4 Å². The van der Waals surface area contributed by atoms with Crippen LogP contribution in [-0.2, 0) is 4.79 Å². The minimum absolute atomic E-state index is 0.0848. The van der Waals surface area contributed by atoms with Crippen LogP contribution in [0, 0.1) is 10.1 Å². The van der Waals surface area contributed by atoms with Crippen molar-refractivity contribution in [3.63, 3.8) is 0 Å². The average molecular weight is 367 g/mol. The Morgan fingerprint density at radius 2 is 2.04 bits per heavy atom. The van der Waals surface area contributed by atoms with E-state index in [9.17, 15) is 14.9 Å². The molecule has 0 aliphatic carbocycles. The maximum absolute atomic E-state index is 12.3. The summed E-state index contributed by atoms with van der Waals surface area (Å²) < 4.78 is 0. The van der Waals surface area contributed by atoms with Gasteiger partial charge in [0.05, 0.1) is 21.6 Å². The first-order chi connectivity index (χ1) is 12.9. The van der Waals surface area contributed by atoms with Crippen molar-refractivity contribution in [1.29, 1.82) is 0 Å². The summed E-state index contributed by atoms with van der Waals surface area (Å²) >= 11 is 0. The molecule has 0 spiro atoms. The van der Waals surface area contributed by atoms with Gasteiger partial charge >= 0.3 is 0 Å². The summed E-state index contributed by atoms with van der Waals surface area (Å²) in [5.41, 5.74) is 2.54. The standard InChI is InChI=1S/C19H21N5O3/c1-23(2)11-5-8-18(25)20-17-12-13(24(26)27)9-10-14(17)19-21-15-6-3-4-7-16(15)22-19/h3-4,6-7,9-10,12H,5,8,11H2,1-2H3,(H,20,25)(H,21,22). The second-order valence-corrected chi connectivity index (χ2v) is 6.54. The number of non-ortho nitro benzene ring substituents is 1. The van der Waals surface area contributed by atoms with Crippen molar-refractivity contribution in [3.8, 4) is 11.4 Å². The summed E-state index contributed by atoms with van der Waals surface area (Å²) in [5, 5.41) is 13.9. The van der Waals surface area contributed by atoms with E-state index in [0.717, 1.165) is 17.6 Å². The molecule has 8 nitrogen and oxygen atoms in total. The first-order valence-electron chi connectivity index (χ1n) is 8.62. The van der Waals surface area contributed by atoms with Gasteiger partial charge in [0.15, 0.2) is 0 Å². The van der Waals surface area contributed by atoms with E-state index in [0.29, 0.717) is 29.9 Å². The van der Waals surface area contributed by atoms with Gasteiger partial charge in [-0.1, -0.05) is 12.1 Å². The second kappa shape index (κ2) is 7.96. The first-order valence-corrected chi connectivity index (χ1v) is 8.62. The maximum atomic E-state index is 12.3. The number of anilines is 1. The molecule has 0 unspecified atom stereocenters. The largest absolute Gasteiger partial charge is 0.338 e. The van der Waals surface area contributed by atoms with Crippen LogP contribution in [0.5, 0.6) is 0 Å². The molecule has 3 rings (SSSR count). The van der Waals surface area contributed by atoms with Crippen LogP contribution < -0.4 is 5.32 Å². The number of rotatable bonds is 7. The SMILES string of the molecule is CN(C)CCCC(=O)Nc1cc([N+](=O)[O-])ccc1-c1nc2ccccc2[nH]1. The Balaban J connectivity index is 1.91. The zero-order valence-corrected chi connectivity index (χ0v) is 15.2. The van der Waals surface area contributed by atoms with Gasteiger partial charge < -0.3 is 15.2 Å². The van der Waals surface area contributed by atoms with Gasteiger partial charge in [-0.05, 0) is 45.3 Å². The predicted molar refractivity (Wildman–Crippen MR) is 105 cm³/mol. The fraction of sp³-hybridized carbons (Fsp3) is 0.263. The smallest absolute Gasteiger partial charge is 0.271 e. The fourth-order valence-electron chi connectivity index (χ4n) is 2.80. The number of aromatic nitrogens is 2. The number of amides is 1. The highest BCUT2D eigenvalue weighted by molar-refractivity contribution is 5.96. The molecule has 0 atom stereocenters. The number of nitro benzene ring substituents is 1. The van der Waals surface area contributed by atoms with Gasteiger partial charge in [-0.3, -0.25) is 14.9 Å². The van der Waals surface area contributed by atoms with Crippen molar-refractivity contribution >= 4 is 28.3 Å². The molecular formula is C19H21N5O3. The molecule has 27 heavy (non-hydrogen) atoms. The topological polar surface area (TPSA) is 104 Å². The Morgan fingerprint density at radius 3 is 2.74 bits per heavy atom. The quantitative estimate of drug-likeness (QED) is 0.492. The van der Waals surface area contributed by atoms with Crippen LogP contribution >= 0.6 is 0 Å². The summed E-state index contributed by atoms with van der Waals surface area (Å²) in [6.07, 6.45) is 1.04. The highest BCUT2D eigenvalue weighted by Crippen LogP contribution is 2.31. The molecule has 1 amide bonds. The number of nitro groups is 1. The molecule has 2 aromatic carbocycles. The number of benzene rings is 2. The van der Waals surface area contributed by atoms with Crippen molar-refractivity contribution in [1.82, 2.24) is 14.9 Å². The molecule has 3 aromatic rings. The summed E-state index contributed by atoms with van der Waals surface area (Å²) in [7, 11) is 3.89. The lowest BCUT2D eigenvalue weighted by molar-refractivity contribution is -0.384. The molecule has 0 fully saturated rings. The monoisotopic (exact) mass is 367 g/mol. The van der Waals surface area contributed by atoms with Crippen LogP contribution in [0.2, 0.25) is 0 Å². The molecule has 2 N–H and O–H groups in total. The first kappa shape index (κ1) is 18.5. The van der Waals surface area contributed by atoms with Crippen molar-refractivity contribution in [2.24, 2.45) is 0 Å². The Bertz CT molecular complexity index is 947. The van der Waals surface area contributed by atoms with Crippen LogP contribution in [0.15, 0.2) is 42.5 Å². The van der Waals surface area contributed by atoms with Crippen molar-refractivity contribution in [2.45, 2.75) is 12.8 Å². The van der Waals surface area contributed by atoms with E-state index in [1.807, 2.05) is 43.3 Å². The maximum Gasteiger partial charge on any atom is 0.271 e. The summed E-state index contributed by atoms with van der Waals surface area (Å²) in [4.78, 5) is 32.7. The zero-order chi connectivity index (χ0) is 19.4. The highest BCUT2D eigenvalue weighted by atomic mass is 16.6. The lowest BCUT2D eigenvalue weighted by Gasteiger charge is -2.11. The molecule has 140 valence electrons. The van der Waals surface area contributed by atoms with Crippen LogP contribution in [-0.4, -0.2) is 46.3 Å². The summed E-state index contributed by atoms with van der Waals surface area (Å²) in [6, 6.07) is 11.9. The predicted octanol–water partition coefficient (Wildman–Crippen LogP) is 3.42. The van der Waals surface area contributed by atoms with E-state index in [-0.39, 0.29) is 11.6 Å². The highest BCUT2D eigenvalue weighted by Gasteiger charge is 2.16. The van der Waals surface area contributed by atoms with E-state index < -0.39 is 4.92 Å². The van der Waals surface area contributed by atoms with Crippen LogP contribution in [0.3, 0.4) is 0 Å². The molecule has 0 aliphatic heterocycles. The van der Waals surface area contributed by atoms with Gasteiger partial charge in [-0.25, -0.2) is 4.98 Å². The van der Waals surface area contributed by atoms with E-state index >= 15 is 0 Å². The third-order valence-electron chi connectivity index (χ3n) is 4.14. The molecule has 1 heterocycles. The zero-order valence-electron chi connectivity index (χ0n) is 15.2. The minimum atomic E-state index is -0.482. The number of fused-ring (bicyclic) bond motifs is 1. The van der Waals surface area contributed by atoms with Gasteiger partial charge in [0, 0.05) is 24.1 Å². The Morgan fingerprint density at radius 1 is 1.26 bits per heavy atom. The fourth-order valence-corrected chi connectivity index (χ4v) is 2.80. The molecule has 1 aromatic heterocycles. The number of H-pyrrole nitrogens is 1. The normalized spacial score (nSPS) is 11.1. The Kier molecular flexibility index (Phi) is 5.46. The van der Waals surface area contributed by atoms with Crippen LogP contribution in [0.1, 0.15) is 12.8 Å². The number of nitrogens with zero attached hydrogens (tertiary/aromatic N) is 3. The van der Waals surface area contributed by atoms with Gasteiger partial charge in [0.1, 0.15) is 5.82 Å². The third-order valence-corrected chi connectivity index (χ3v) is 4.14. The molecule has 8 heteroatoms. The second-order valence-electron chi connectivity index (χ2n) is 6.54. The molecule has 0 saturated heterocycles. The lowest BCUT2D eigenvalue weighted by Crippen LogP contribution is -2.17. The molecule has 0 aliphatic rings. The van der Waals surface area contributed by atoms with E-state index in [1.165, 1.54) is 12.1 Å². The van der Waals surface area contributed by atoms with Gasteiger partial charge in [-0.15, -0.1) is 0 Å². The number of para-hydroxylation sites is 2. The number of nitrogens with one attached hydrogen (secondary N) is 2. The van der Waals surface area contributed by atoms with Gasteiger partial charge in [0.2, 0.25) is 5.91 Å². The van der Waals surface area contributed by atoms with Crippen molar-refractivity contribution < 1.29 is 9.72 Å². The lowest BCUT2D eigenvalue weighted by atomic mass is 10.1. The van der Waals surface area contributed by atoms with E-state index in [2.05, 4.69) is 15.3 Å². The number of carbonyl (C=O) groups is 1. The number of imidazole rings is 1. The van der Waals surface area contributed by atoms with Crippen molar-refractivity contribution in [2.75, 3.05) is 26.0 Å². The van der Waals surface area contributed by atoms with E-state index in [1.54, 1.807) is 6.07 Å². The third kappa shape index (κ3) is 4.48. The van der Waals surface area contributed by atoms with Gasteiger partial charge in [0.25, 0.3) is 5.69 Å². The van der Waals surface area contributed by atoms with E-state index in [4.69, 9.17) is 0 Å².